The van der Waals surface area contributed by atoms with Crippen molar-refractivity contribution in [2.45, 2.75) is 18.9 Å². The molecule has 6 heteroatoms. The van der Waals surface area contributed by atoms with E-state index < -0.39 is 6.04 Å². The van der Waals surface area contributed by atoms with Crippen LogP contribution < -0.4 is 0 Å². The Labute approximate surface area is 166 Å². The van der Waals surface area contributed by atoms with Crippen LogP contribution in [0.2, 0.25) is 0 Å². The first kappa shape index (κ1) is 18.6. The number of carbonyl (C=O) groups is 4. The highest BCUT2D eigenvalue weighted by atomic mass is 16.2. The highest BCUT2D eigenvalue weighted by Crippen LogP contribution is 2.25. The fraction of sp³-hybridized carbons (Fsp3) is 0.130. The molecule has 0 fully saturated rings. The van der Waals surface area contributed by atoms with E-state index in [4.69, 9.17) is 0 Å². The predicted molar refractivity (Wildman–Crippen MR) is 105 cm³/mol. The zero-order valence-corrected chi connectivity index (χ0v) is 15.4. The smallest absolute Gasteiger partial charge is 0.197 e. The molecule has 142 valence electrons. The van der Waals surface area contributed by atoms with Crippen LogP contribution in [0.4, 0.5) is 5.69 Å². The van der Waals surface area contributed by atoms with Gasteiger partial charge in [-0.2, -0.15) is 10.2 Å². The second kappa shape index (κ2) is 7.67. The summed E-state index contributed by atoms with van der Waals surface area (Å²) in [6, 6.07) is 12.7. The van der Waals surface area contributed by atoms with Crippen LogP contribution in [0.5, 0.6) is 0 Å². The average molecular weight is 384 g/mol. The van der Waals surface area contributed by atoms with Gasteiger partial charge in [-0.05, 0) is 48.8 Å². The molecule has 0 saturated heterocycles. The van der Waals surface area contributed by atoms with Gasteiger partial charge >= 0.3 is 0 Å². The molecule has 0 atom stereocenters. The van der Waals surface area contributed by atoms with Gasteiger partial charge in [-0.25, -0.2) is 0 Å². The van der Waals surface area contributed by atoms with E-state index in [9.17, 15) is 19.2 Å². The number of nitrogens with zero attached hydrogens (tertiary/aromatic N) is 2. The number of azo groups is 1. The van der Waals surface area contributed by atoms with E-state index in [1.807, 2.05) is 12.1 Å². The number of hydrogen-bond donors (Lipinski definition) is 0. The number of fused-ring (bicyclic) bond motifs is 1. The largest absolute Gasteiger partial charge is 0.291 e. The third-order valence-corrected chi connectivity index (χ3v) is 4.89. The molecule has 0 heterocycles. The number of Topliss-reactive ketones (excluding diaryl/α,β-unsaturated/α-hetero) is 2. The normalized spacial score (nSPS) is 16.6. The molecule has 0 saturated carbocycles. The van der Waals surface area contributed by atoms with E-state index in [1.165, 1.54) is 18.2 Å². The lowest BCUT2D eigenvalue weighted by Gasteiger charge is -2.07. The Morgan fingerprint density at radius 2 is 1.41 bits per heavy atom. The summed E-state index contributed by atoms with van der Waals surface area (Å²) in [7, 11) is 0. The van der Waals surface area contributed by atoms with Gasteiger partial charge in [0.15, 0.2) is 29.2 Å². The SMILES string of the molecule is O=C1C=CC(=O)C(CCc2ccc(N=NC3C(=O)c4ccccc4C3=O)cc2)=C1. The lowest BCUT2D eigenvalue weighted by atomic mass is 9.97. The number of hydrogen-bond acceptors (Lipinski definition) is 6. The van der Waals surface area contributed by atoms with Gasteiger partial charge in [0.1, 0.15) is 0 Å². The quantitative estimate of drug-likeness (QED) is 0.445. The number of benzene rings is 2. The third-order valence-electron chi connectivity index (χ3n) is 4.89. The maximum absolute atomic E-state index is 12.3. The van der Waals surface area contributed by atoms with Gasteiger partial charge in [-0.15, -0.1) is 0 Å². The van der Waals surface area contributed by atoms with Crippen molar-refractivity contribution in [1.29, 1.82) is 0 Å². The second-order valence-electron chi connectivity index (χ2n) is 6.83. The summed E-state index contributed by atoms with van der Waals surface area (Å²) in [6.45, 7) is 0. The summed E-state index contributed by atoms with van der Waals surface area (Å²) < 4.78 is 0. The molecule has 0 bridgehead atoms. The van der Waals surface area contributed by atoms with Crippen LogP contribution in [0.15, 0.2) is 82.6 Å². The summed E-state index contributed by atoms with van der Waals surface area (Å²) in [5, 5.41) is 8.01. The van der Waals surface area contributed by atoms with Gasteiger partial charge in [0, 0.05) is 16.7 Å². The molecule has 2 aliphatic carbocycles. The van der Waals surface area contributed by atoms with E-state index in [0.29, 0.717) is 35.2 Å². The average Bonchev–Trinajstić information content (AvgIpc) is 2.98. The number of allylic oxidation sites excluding steroid dienone is 4. The first-order chi connectivity index (χ1) is 14.0. The topological polar surface area (TPSA) is 93.0 Å². The first-order valence-electron chi connectivity index (χ1n) is 9.17. The first-order valence-corrected chi connectivity index (χ1v) is 9.17. The Morgan fingerprint density at radius 3 is 2.07 bits per heavy atom. The van der Waals surface area contributed by atoms with Gasteiger partial charge in [0.2, 0.25) is 0 Å². The Balaban J connectivity index is 1.40. The molecule has 0 amide bonds. The van der Waals surface area contributed by atoms with Crippen LogP contribution in [0.3, 0.4) is 0 Å². The minimum Gasteiger partial charge on any atom is -0.291 e. The van der Waals surface area contributed by atoms with Crippen molar-refractivity contribution in [3.63, 3.8) is 0 Å². The number of ketones is 4. The van der Waals surface area contributed by atoms with E-state index >= 15 is 0 Å². The third kappa shape index (κ3) is 3.78. The molecule has 6 nitrogen and oxygen atoms in total. The van der Waals surface area contributed by atoms with E-state index in [2.05, 4.69) is 10.2 Å². The Hall–Kier alpha value is -3.80. The van der Waals surface area contributed by atoms with Crippen LogP contribution in [0.1, 0.15) is 32.7 Å². The maximum Gasteiger partial charge on any atom is 0.197 e. The summed E-state index contributed by atoms with van der Waals surface area (Å²) in [5.41, 5.74) is 2.77. The van der Waals surface area contributed by atoms with Crippen molar-refractivity contribution in [3.05, 3.63) is 89.0 Å². The van der Waals surface area contributed by atoms with E-state index in [0.717, 1.165) is 5.56 Å². The lowest BCUT2D eigenvalue weighted by Crippen LogP contribution is -2.18. The summed E-state index contributed by atoms with van der Waals surface area (Å²) >= 11 is 0. The van der Waals surface area contributed by atoms with Crippen molar-refractivity contribution in [2.75, 3.05) is 0 Å². The predicted octanol–water partition coefficient (Wildman–Crippen LogP) is 3.79. The van der Waals surface area contributed by atoms with Crippen LogP contribution >= 0.6 is 0 Å². The zero-order chi connectivity index (χ0) is 20.4. The molecular weight excluding hydrogens is 368 g/mol. The molecule has 0 radical (unpaired) electrons. The van der Waals surface area contributed by atoms with Crippen LogP contribution in [0.25, 0.3) is 0 Å². The molecule has 29 heavy (non-hydrogen) atoms. The van der Waals surface area contributed by atoms with Gasteiger partial charge in [-0.3, -0.25) is 19.2 Å². The van der Waals surface area contributed by atoms with Crippen molar-refractivity contribution in [3.8, 4) is 0 Å². The fourth-order valence-corrected chi connectivity index (χ4v) is 3.32. The molecule has 2 aromatic carbocycles. The maximum atomic E-state index is 12.3. The Bertz CT molecular complexity index is 1090. The van der Waals surface area contributed by atoms with Crippen LogP contribution in [-0.4, -0.2) is 29.2 Å². The van der Waals surface area contributed by atoms with Gasteiger partial charge < -0.3 is 0 Å². The lowest BCUT2D eigenvalue weighted by molar-refractivity contribution is -0.114. The minimum atomic E-state index is -1.12. The van der Waals surface area contributed by atoms with E-state index in [-0.39, 0.29) is 23.1 Å². The number of rotatable bonds is 5. The molecule has 0 aromatic heterocycles. The van der Waals surface area contributed by atoms with Crippen molar-refractivity contribution < 1.29 is 19.2 Å². The van der Waals surface area contributed by atoms with Gasteiger partial charge in [0.05, 0.1) is 5.69 Å². The molecule has 0 N–H and O–H groups in total. The highest BCUT2D eigenvalue weighted by molar-refractivity contribution is 6.29. The zero-order valence-electron chi connectivity index (χ0n) is 15.4. The van der Waals surface area contributed by atoms with Crippen LogP contribution in [0, 0.1) is 0 Å². The summed E-state index contributed by atoms with van der Waals surface area (Å²) in [6.07, 6.45) is 5.01. The number of aryl methyl sites for hydroxylation is 1. The molecule has 2 aliphatic rings. The molecule has 0 unspecified atom stereocenters. The highest BCUT2D eigenvalue weighted by Gasteiger charge is 2.38. The number of carbonyl (C=O) groups excluding carboxylic acids is 4. The Kier molecular flexibility index (Phi) is 4.91. The molecule has 4 rings (SSSR count). The second-order valence-corrected chi connectivity index (χ2v) is 6.83. The molecular formula is C23H16N2O4. The van der Waals surface area contributed by atoms with Crippen molar-refractivity contribution >= 4 is 28.8 Å². The van der Waals surface area contributed by atoms with Gasteiger partial charge in [0.25, 0.3) is 0 Å². The van der Waals surface area contributed by atoms with Crippen molar-refractivity contribution in [1.82, 2.24) is 0 Å². The monoisotopic (exact) mass is 384 g/mol. The van der Waals surface area contributed by atoms with Gasteiger partial charge in [-0.1, -0.05) is 36.4 Å². The summed E-state index contributed by atoms with van der Waals surface area (Å²) in [4.78, 5) is 47.8. The standard InChI is InChI=1S/C23H16N2O4/c26-17-11-12-20(27)15(13-17)8-5-14-6-9-16(10-7-14)24-25-21-22(28)18-3-1-2-4-19(18)23(21)29/h1-4,6-7,9-13,21H,5,8H2. The Morgan fingerprint density at radius 1 is 0.759 bits per heavy atom. The van der Waals surface area contributed by atoms with Crippen LogP contribution in [-0.2, 0) is 16.0 Å². The molecule has 0 spiro atoms. The molecule has 2 aromatic rings. The van der Waals surface area contributed by atoms with Crippen molar-refractivity contribution in [2.24, 2.45) is 10.2 Å². The molecule has 0 aliphatic heterocycles. The fourth-order valence-electron chi connectivity index (χ4n) is 3.32. The minimum absolute atomic E-state index is 0.137. The van der Waals surface area contributed by atoms with E-state index in [1.54, 1.807) is 36.4 Å². The summed E-state index contributed by atoms with van der Waals surface area (Å²) in [5.74, 6) is -0.976.